The van der Waals surface area contributed by atoms with E-state index in [-0.39, 0.29) is 24.7 Å². The first kappa shape index (κ1) is 24.1. The van der Waals surface area contributed by atoms with Gasteiger partial charge in [0.1, 0.15) is 16.3 Å². The quantitative estimate of drug-likeness (QED) is 0.412. The number of ether oxygens (including phenoxy) is 4. The van der Waals surface area contributed by atoms with Crippen LogP contribution < -0.4 is 19.5 Å². The number of benzene rings is 2. The fraction of sp³-hybridized carbons (Fsp3) is 0.280. The maximum Gasteiger partial charge on any atom is 0.341 e. The van der Waals surface area contributed by atoms with Crippen LogP contribution in [-0.4, -0.2) is 39.3 Å². The maximum atomic E-state index is 12.8. The largest absolute Gasteiger partial charge is 0.493 e. The number of methoxy groups -OCH3 is 2. The molecule has 0 aliphatic rings. The van der Waals surface area contributed by atoms with Crippen molar-refractivity contribution >= 4 is 28.2 Å². The van der Waals surface area contributed by atoms with Gasteiger partial charge in [-0.05, 0) is 48.7 Å². The molecule has 1 aromatic heterocycles. The van der Waals surface area contributed by atoms with E-state index in [0.29, 0.717) is 27.8 Å². The Kier molecular flexibility index (Phi) is 8.32. The third-order valence-electron chi connectivity index (χ3n) is 4.92. The smallest absolute Gasteiger partial charge is 0.341 e. The summed E-state index contributed by atoms with van der Waals surface area (Å²) < 4.78 is 21.5. The molecule has 0 saturated carbocycles. The number of thiophene rings is 1. The summed E-state index contributed by atoms with van der Waals surface area (Å²) in [6, 6.07) is 12.9. The zero-order valence-corrected chi connectivity index (χ0v) is 19.9. The Labute approximate surface area is 197 Å². The standard InChI is InChI=1S/C25H27NO6S/c1-5-16-7-10-18(11-8-16)32-14-22(27)26-24-23(25(28)31-6-2)19(15-33-24)17-9-12-20(29-3)21(13-17)30-4/h7-13,15H,5-6,14H2,1-4H3,(H,26,27). The lowest BCUT2D eigenvalue weighted by Crippen LogP contribution is -2.21. The van der Waals surface area contributed by atoms with Crippen LogP contribution in [0.5, 0.6) is 17.2 Å². The third kappa shape index (κ3) is 5.84. The first-order valence-electron chi connectivity index (χ1n) is 10.5. The van der Waals surface area contributed by atoms with Gasteiger partial charge in [0.05, 0.1) is 20.8 Å². The molecule has 8 heteroatoms. The zero-order valence-electron chi connectivity index (χ0n) is 19.1. The van der Waals surface area contributed by atoms with Crippen LogP contribution in [0.3, 0.4) is 0 Å². The van der Waals surface area contributed by atoms with Crippen LogP contribution in [-0.2, 0) is 16.0 Å². The van der Waals surface area contributed by atoms with E-state index in [9.17, 15) is 9.59 Å². The number of carbonyl (C=O) groups excluding carboxylic acids is 2. The first-order chi connectivity index (χ1) is 16.0. The van der Waals surface area contributed by atoms with Gasteiger partial charge < -0.3 is 24.3 Å². The molecule has 3 rings (SSSR count). The Hall–Kier alpha value is -3.52. The normalized spacial score (nSPS) is 10.4. The second-order valence-electron chi connectivity index (χ2n) is 6.98. The molecule has 0 saturated heterocycles. The highest BCUT2D eigenvalue weighted by Crippen LogP contribution is 2.39. The van der Waals surface area contributed by atoms with E-state index in [0.717, 1.165) is 12.0 Å². The molecule has 0 spiro atoms. The number of anilines is 1. The Morgan fingerprint density at radius 3 is 2.33 bits per heavy atom. The molecule has 2 aromatic carbocycles. The third-order valence-corrected chi connectivity index (χ3v) is 5.82. The van der Waals surface area contributed by atoms with Gasteiger partial charge in [0.15, 0.2) is 18.1 Å². The van der Waals surface area contributed by atoms with E-state index in [2.05, 4.69) is 12.2 Å². The average Bonchev–Trinajstić information content (AvgIpc) is 3.26. The Bertz CT molecular complexity index is 1110. The van der Waals surface area contributed by atoms with Crippen LogP contribution in [0.2, 0.25) is 0 Å². The molecule has 1 heterocycles. The molecule has 0 unspecified atom stereocenters. The Morgan fingerprint density at radius 1 is 0.970 bits per heavy atom. The number of nitrogens with one attached hydrogen (secondary N) is 1. The average molecular weight is 470 g/mol. The van der Waals surface area contributed by atoms with E-state index in [1.54, 1.807) is 38.7 Å². The van der Waals surface area contributed by atoms with Crippen molar-refractivity contribution in [3.05, 3.63) is 59.0 Å². The van der Waals surface area contributed by atoms with Crippen molar-refractivity contribution < 1.29 is 28.5 Å². The molecule has 0 fully saturated rings. The molecule has 0 aliphatic carbocycles. The lowest BCUT2D eigenvalue weighted by atomic mass is 10.0. The summed E-state index contributed by atoms with van der Waals surface area (Å²) in [6.45, 7) is 3.83. The van der Waals surface area contributed by atoms with Crippen LogP contribution in [0.4, 0.5) is 5.00 Å². The second-order valence-corrected chi connectivity index (χ2v) is 7.86. The summed E-state index contributed by atoms with van der Waals surface area (Å²) in [4.78, 5) is 25.3. The molecule has 3 aromatic rings. The predicted molar refractivity (Wildman–Crippen MR) is 129 cm³/mol. The van der Waals surface area contributed by atoms with E-state index in [1.165, 1.54) is 16.9 Å². The van der Waals surface area contributed by atoms with Gasteiger partial charge in [-0.3, -0.25) is 4.79 Å². The van der Waals surface area contributed by atoms with Gasteiger partial charge in [-0.15, -0.1) is 11.3 Å². The maximum absolute atomic E-state index is 12.8. The lowest BCUT2D eigenvalue weighted by Gasteiger charge is -2.12. The molecule has 1 N–H and O–H groups in total. The van der Waals surface area contributed by atoms with Crippen LogP contribution in [0.1, 0.15) is 29.8 Å². The number of aryl methyl sites for hydroxylation is 1. The van der Waals surface area contributed by atoms with E-state index >= 15 is 0 Å². The number of hydrogen-bond acceptors (Lipinski definition) is 7. The summed E-state index contributed by atoms with van der Waals surface area (Å²) in [5.74, 6) is 0.816. The minimum absolute atomic E-state index is 0.183. The van der Waals surface area contributed by atoms with Crippen molar-refractivity contribution in [1.29, 1.82) is 0 Å². The first-order valence-corrected chi connectivity index (χ1v) is 11.4. The number of amides is 1. The van der Waals surface area contributed by atoms with Crippen molar-refractivity contribution in [2.45, 2.75) is 20.3 Å². The number of esters is 1. The molecule has 0 aliphatic heterocycles. The minimum Gasteiger partial charge on any atom is -0.493 e. The van der Waals surface area contributed by atoms with E-state index in [1.807, 2.05) is 30.3 Å². The second kappa shape index (κ2) is 11.4. The molecule has 33 heavy (non-hydrogen) atoms. The summed E-state index contributed by atoms with van der Waals surface area (Å²) in [5, 5.41) is 4.98. The van der Waals surface area contributed by atoms with Crippen molar-refractivity contribution in [3.63, 3.8) is 0 Å². The van der Waals surface area contributed by atoms with E-state index < -0.39 is 5.97 Å². The topological polar surface area (TPSA) is 83.1 Å². The zero-order chi connectivity index (χ0) is 23.8. The van der Waals surface area contributed by atoms with Crippen LogP contribution in [0.25, 0.3) is 11.1 Å². The molecule has 0 atom stereocenters. The fourth-order valence-electron chi connectivity index (χ4n) is 3.21. The molecule has 1 amide bonds. The highest BCUT2D eigenvalue weighted by atomic mass is 32.1. The Morgan fingerprint density at radius 2 is 1.70 bits per heavy atom. The summed E-state index contributed by atoms with van der Waals surface area (Å²) in [7, 11) is 3.10. The number of carbonyl (C=O) groups is 2. The summed E-state index contributed by atoms with van der Waals surface area (Å²) >= 11 is 1.24. The van der Waals surface area contributed by atoms with Crippen molar-refractivity contribution in [3.8, 4) is 28.4 Å². The fourth-order valence-corrected chi connectivity index (χ4v) is 4.18. The molecule has 0 bridgehead atoms. The Balaban J connectivity index is 1.82. The van der Waals surface area contributed by atoms with Gasteiger partial charge in [-0.1, -0.05) is 25.1 Å². The summed E-state index contributed by atoms with van der Waals surface area (Å²) in [6.07, 6.45) is 0.929. The van der Waals surface area contributed by atoms with Crippen LogP contribution in [0, 0.1) is 0 Å². The molecule has 0 radical (unpaired) electrons. The monoisotopic (exact) mass is 469 g/mol. The van der Waals surface area contributed by atoms with Crippen molar-refractivity contribution in [2.75, 3.05) is 32.8 Å². The summed E-state index contributed by atoms with van der Waals surface area (Å²) in [5.41, 5.74) is 2.84. The highest BCUT2D eigenvalue weighted by Gasteiger charge is 2.23. The number of rotatable bonds is 10. The lowest BCUT2D eigenvalue weighted by molar-refractivity contribution is -0.118. The van der Waals surface area contributed by atoms with Crippen molar-refractivity contribution in [2.24, 2.45) is 0 Å². The van der Waals surface area contributed by atoms with Crippen LogP contribution in [0.15, 0.2) is 47.8 Å². The highest BCUT2D eigenvalue weighted by molar-refractivity contribution is 7.15. The molecule has 7 nitrogen and oxygen atoms in total. The minimum atomic E-state index is -0.519. The predicted octanol–water partition coefficient (Wildman–Crippen LogP) is 5.19. The van der Waals surface area contributed by atoms with Gasteiger partial charge in [-0.25, -0.2) is 4.79 Å². The SMILES string of the molecule is CCOC(=O)c1c(-c2ccc(OC)c(OC)c2)csc1NC(=O)COc1ccc(CC)cc1. The van der Waals surface area contributed by atoms with Gasteiger partial charge in [0, 0.05) is 10.9 Å². The molecule has 174 valence electrons. The molecular weight excluding hydrogens is 442 g/mol. The van der Waals surface area contributed by atoms with Gasteiger partial charge >= 0.3 is 5.97 Å². The number of hydrogen-bond donors (Lipinski definition) is 1. The van der Waals surface area contributed by atoms with Gasteiger partial charge in [0.25, 0.3) is 5.91 Å². The molecular formula is C25H27NO6S. The van der Waals surface area contributed by atoms with E-state index in [4.69, 9.17) is 18.9 Å². The van der Waals surface area contributed by atoms with Crippen LogP contribution >= 0.6 is 11.3 Å². The van der Waals surface area contributed by atoms with Gasteiger partial charge in [-0.2, -0.15) is 0 Å². The van der Waals surface area contributed by atoms with Crippen molar-refractivity contribution in [1.82, 2.24) is 0 Å². The van der Waals surface area contributed by atoms with Gasteiger partial charge in [0.2, 0.25) is 0 Å².